The Hall–Kier alpha value is -3.20. The van der Waals surface area contributed by atoms with Crippen molar-refractivity contribution in [2.24, 2.45) is 0 Å². The van der Waals surface area contributed by atoms with Crippen molar-refractivity contribution in [1.29, 1.82) is 0 Å². The van der Waals surface area contributed by atoms with Gasteiger partial charge in [0.25, 0.3) is 10.0 Å². The maximum atomic E-state index is 13.1. The van der Waals surface area contributed by atoms with E-state index in [0.717, 1.165) is 38.1 Å². The smallest absolute Gasteiger partial charge is 0.261 e. The van der Waals surface area contributed by atoms with Crippen LogP contribution in [0.1, 0.15) is 30.7 Å². The Morgan fingerprint density at radius 3 is 2.80 bits per heavy atom. The van der Waals surface area contributed by atoms with Gasteiger partial charge in [-0.2, -0.15) is 0 Å². The maximum Gasteiger partial charge on any atom is 0.261 e. The molecule has 0 bridgehead atoms. The molecule has 3 heterocycles. The van der Waals surface area contributed by atoms with Crippen molar-refractivity contribution in [2.75, 3.05) is 10.0 Å². The molecule has 0 aliphatic carbocycles. The Morgan fingerprint density at radius 2 is 1.90 bits per heavy atom. The molecule has 2 aliphatic rings. The summed E-state index contributed by atoms with van der Waals surface area (Å²) in [4.78, 5) is 11.7. The van der Waals surface area contributed by atoms with E-state index in [9.17, 15) is 13.2 Å². The van der Waals surface area contributed by atoms with Crippen molar-refractivity contribution in [3.63, 3.8) is 0 Å². The Labute approximate surface area is 174 Å². The molecular weight excluding hydrogens is 402 g/mol. The Kier molecular flexibility index (Phi) is 4.54. The zero-order valence-corrected chi connectivity index (χ0v) is 17.1. The molecular formula is C21H21N5O3S. The van der Waals surface area contributed by atoms with E-state index >= 15 is 0 Å². The van der Waals surface area contributed by atoms with Crippen molar-refractivity contribution in [3.05, 3.63) is 53.9 Å². The van der Waals surface area contributed by atoms with Crippen LogP contribution >= 0.6 is 0 Å². The number of para-hydroxylation sites is 1. The first-order chi connectivity index (χ1) is 14.5. The van der Waals surface area contributed by atoms with E-state index in [4.69, 9.17) is 0 Å². The highest BCUT2D eigenvalue weighted by atomic mass is 32.2. The summed E-state index contributed by atoms with van der Waals surface area (Å²) in [6.07, 6.45) is 4.34. The predicted molar refractivity (Wildman–Crippen MR) is 113 cm³/mol. The number of hydrogen-bond acceptors (Lipinski definition) is 5. The molecule has 3 aromatic rings. The number of carbonyl (C=O) groups is 1. The third kappa shape index (κ3) is 3.35. The van der Waals surface area contributed by atoms with Crippen molar-refractivity contribution >= 4 is 27.3 Å². The number of aryl methyl sites for hydroxylation is 1. The lowest BCUT2D eigenvalue weighted by molar-refractivity contribution is -0.115. The molecule has 2 N–H and O–H groups in total. The fourth-order valence-corrected chi connectivity index (χ4v) is 5.16. The number of amides is 1. The van der Waals surface area contributed by atoms with Crippen LogP contribution in [0.3, 0.4) is 0 Å². The molecule has 5 rings (SSSR count). The van der Waals surface area contributed by atoms with Gasteiger partial charge < -0.3 is 9.88 Å². The summed E-state index contributed by atoms with van der Waals surface area (Å²) in [5.41, 5.74) is 2.48. The number of aromatic nitrogens is 3. The number of rotatable bonds is 4. The molecule has 2 aromatic carbocycles. The Morgan fingerprint density at radius 1 is 1.03 bits per heavy atom. The summed E-state index contributed by atoms with van der Waals surface area (Å²) < 4.78 is 31.0. The number of hydrogen-bond donors (Lipinski definition) is 2. The summed E-state index contributed by atoms with van der Waals surface area (Å²) in [5, 5.41) is 11.4. The van der Waals surface area contributed by atoms with E-state index in [1.54, 1.807) is 24.3 Å². The van der Waals surface area contributed by atoms with Crippen LogP contribution < -0.4 is 10.0 Å². The molecule has 0 saturated carbocycles. The topological polar surface area (TPSA) is 106 Å². The molecule has 30 heavy (non-hydrogen) atoms. The molecule has 0 saturated heterocycles. The molecule has 0 fully saturated rings. The predicted octanol–water partition coefficient (Wildman–Crippen LogP) is 2.97. The highest BCUT2D eigenvalue weighted by molar-refractivity contribution is 7.92. The minimum atomic E-state index is -3.84. The van der Waals surface area contributed by atoms with Gasteiger partial charge in [-0.1, -0.05) is 18.6 Å². The quantitative estimate of drug-likeness (QED) is 0.671. The number of nitrogens with one attached hydrogen (secondary N) is 2. The lowest BCUT2D eigenvalue weighted by Crippen LogP contribution is -2.14. The van der Waals surface area contributed by atoms with Crippen LogP contribution in [-0.2, 0) is 34.2 Å². The second-order valence-electron chi connectivity index (χ2n) is 7.60. The van der Waals surface area contributed by atoms with Gasteiger partial charge in [-0.05, 0) is 48.7 Å². The van der Waals surface area contributed by atoms with Crippen LogP contribution in [0.25, 0.3) is 11.4 Å². The van der Waals surface area contributed by atoms with Crippen LogP contribution in [0.2, 0.25) is 0 Å². The van der Waals surface area contributed by atoms with E-state index in [0.29, 0.717) is 28.3 Å². The summed E-state index contributed by atoms with van der Waals surface area (Å²) in [6, 6.07) is 11.9. The van der Waals surface area contributed by atoms with E-state index < -0.39 is 10.0 Å². The Balaban J connectivity index is 1.50. The van der Waals surface area contributed by atoms with Crippen LogP contribution in [0.4, 0.5) is 11.4 Å². The standard InChI is InChI=1S/C21H21N5O3S/c27-20-13-14-12-15(9-10-17(14)22-20)30(28,29)25-18-7-4-3-6-16(18)21-24-23-19-8-2-1-5-11-26(19)21/h3-4,6-7,9-10,12,25H,1-2,5,8,11,13H2,(H,22,27). The van der Waals surface area contributed by atoms with Crippen molar-refractivity contribution in [1.82, 2.24) is 14.8 Å². The van der Waals surface area contributed by atoms with Gasteiger partial charge in [0.05, 0.1) is 17.0 Å². The highest BCUT2D eigenvalue weighted by Crippen LogP contribution is 2.32. The Bertz CT molecular complexity index is 1250. The van der Waals surface area contributed by atoms with Gasteiger partial charge in [0, 0.05) is 24.2 Å². The molecule has 1 aromatic heterocycles. The van der Waals surface area contributed by atoms with Crippen LogP contribution in [-0.4, -0.2) is 29.1 Å². The van der Waals surface area contributed by atoms with E-state index in [2.05, 4.69) is 24.8 Å². The largest absolute Gasteiger partial charge is 0.326 e. The van der Waals surface area contributed by atoms with E-state index in [1.807, 2.05) is 12.1 Å². The summed E-state index contributed by atoms with van der Waals surface area (Å²) in [7, 11) is -3.84. The fraction of sp³-hybridized carbons (Fsp3) is 0.286. The third-order valence-corrected chi connectivity index (χ3v) is 6.90. The summed E-state index contributed by atoms with van der Waals surface area (Å²) >= 11 is 0. The van der Waals surface area contributed by atoms with Crippen LogP contribution in [0, 0.1) is 0 Å². The molecule has 0 atom stereocenters. The zero-order valence-electron chi connectivity index (χ0n) is 16.3. The van der Waals surface area contributed by atoms with Gasteiger partial charge in [0.15, 0.2) is 5.82 Å². The number of fused-ring (bicyclic) bond motifs is 2. The molecule has 2 aliphatic heterocycles. The van der Waals surface area contributed by atoms with Gasteiger partial charge in [-0.15, -0.1) is 10.2 Å². The van der Waals surface area contributed by atoms with Gasteiger partial charge in [0.1, 0.15) is 5.82 Å². The first kappa shape index (κ1) is 18.8. The molecule has 154 valence electrons. The van der Waals surface area contributed by atoms with Gasteiger partial charge in [0.2, 0.25) is 5.91 Å². The van der Waals surface area contributed by atoms with Gasteiger partial charge >= 0.3 is 0 Å². The zero-order chi connectivity index (χ0) is 20.7. The second-order valence-corrected chi connectivity index (χ2v) is 9.28. The second kappa shape index (κ2) is 7.24. The first-order valence-corrected chi connectivity index (χ1v) is 11.5. The average molecular weight is 423 g/mol. The number of anilines is 2. The first-order valence-electron chi connectivity index (χ1n) is 9.98. The summed E-state index contributed by atoms with van der Waals surface area (Å²) in [6.45, 7) is 0.824. The number of benzene rings is 2. The van der Waals surface area contributed by atoms with Crippen LogP contribution in [0.5, 0.6) is 0 Å². The molecule has 0 spiro atoms. The minimum absolute atomic E-state index is 0.118. The highest BCUT2D eigenvalue weighted by Gasteiger charge is 2.24. The van der Waals surface area contributed by atoms with Crippen molar-refractivity contribution in [2.45, 2.75) is 43.5 Å². The maximum absolute atomic E-state index is 13.1. The number of sulfonamides is 1. The normalized spacial score (nSPS) is 15.8. The van der Waals surface area contributed by atoms with E-state index in [-0.39, 0.29) is 17.2 Å². The lowest BCUT2D eigenvalue weighted by atomic mass is 10.1. The molecule has 0 radical (unpaired) electrons. The average Bonchev–Trinajstić information content (AvgIpc) is 3.21. The van der Waals surface area contributed by atoms with Crippen molar-refractivity contribution < 1.29 is 13.2 Å². The molecule has 9 heteroatoms. The lowest BCUT2D eigenvalue weighted by Gasteiger charge is -2.14. The third-order valence-electron chi connectivity index (χ3n) is 5.53. The number of carbonyl (C=O) groups excluding carboxylic acids is 1. The fourth-order valence-electron chi connectivity index (χ4n) is 4.03. The van der Waals surface area contributed by atoms with Crippen LogP contribution in [0.15, 0.2) is 47.4 Å². The van der Waals surface area contributed by atoms with Crippen molar-refractivity contribution in [3.8, 4) is 11.4 Å². The molecule has 8 nitrogen and oxygen atoms in total. The SMILES string of the molecule is O=C1Cc2cc(S(=O)(=O)Nc3ccccc3-c3nnc4n3CCCCC4)ccc2N1. The van der Waals surface area contributed by atoms with Gasteiger partial charge in [-0.3, -0.25) is 9.52 Å². The molecule has 1 amide bonds. The molecule has 0 unspecified atom stereocenters. The monoisotopic (exact) mass is 423 g/mol. The van der Waals surface area contributed by atoms with E-state index in [1.165, 1.54) is 6.07 Å². The minimum Gasteiger partial charge on any atom is -0.326 e. The van der Waals surface area contributed by atoms with Gasteiger partial charge in [-0.25, -0.2) is 8.42 Å². The number of nitrogens with zero attached hydrogens (tertiary/aromatic N) is 3. The summed E-state index contributed by atoms with van der Waals surface area (Å²) in [5.74, 6) is 1.48.